The van der Waals surface area contributed by atoms with Crippen LogP contribution in [0.3, 0.4) is 0 Å². The van der Waals surface area contributed by atoms with Crippen molar-refractivity contribution in [1.29, 1.82) is 5.26 Å². The van der Waals surface area contributed by atoms with E-state index in [1.165, 1.54) is 45.1 Å². The summed E-state index contributed by atoms with van der Waals surface area (Å²) >= 11 is 0. The molecule has 2 nitrogen and oxygen atoms in total. The summed E-state index contributed by atoms with van der Waals surface area (Å²) in [5.41, 5.74) is 0.431. The van der Waals surface area contributed by atoms with E-state index in [1.54, 1.807) is 0 Å². The number of rotatable bonds is 4. The summed E-state index contributed by atoms with van der Waals surface area (Å²) < 4.78 is 0. The Bertz CT molecular complexity index is 355. The molecule has 0 radical (unpaired) electrons. The van der Waals surface area contributed by atoms with E-state index < -0.39 is 0 Å². The van der Waals surface area contributed by atoms with Gasteiger partial charge in [0.15, 0.2) is 0 Å². The predicted molar refractivity (Wildman–Crippen MR) is 84.3 cm³/mol. The Kier molecular flexibility index (Phi) is 5.13. The van der Waals surface area contributed by atoms with Gasteiger partial charge in [-0.2, -0.15) is 5.26 Å². The van der Waals surface area contributed by atoms with Crippen molar-refractivity contribution in [2.24, 2.45) is 17.3 Å². The highest BCUT2D eigenvalue weighted by atomic mass is 15.2. The molecule has 0 aromatic rings. The first kappa shape index (κ1) is 15.8. The van der Waals surface area contributed by atoms with Gasteiger partial charge in [0.1, 0.15) is 0 Å². The molecule has 2 fully saturated rings. The zero-order valence-electron chi connectivity index (χ0n) is 13.9. The fraction of sp³-hybridized carbons (Fsp3) is 0.944. The third-order valence-corrected chi connectivity index (χ3v) is 6.32. The SMILES string of the molecule is CCC1CCCN1C1CC(C(C)(C)CC)CCC1C#N. The number of nitrogens with zero attached hydrogens (tertiary/aromatic N) is 2. The summed E-state index contributed by atoms with van der Waals surface area (Å²) in [6.07, 6.45) is 8.77. The normalized spacial score (nSPS) is 36.0. The molecule has 4 unspecified atom stereocenters. The van der Waals surface area contributed by atoms with Gasteiger partial charge in [-0.3, -0.25) is 4.90 Å². The molecular formula is C18H32N2. The van der Waals surface area contributed by atoms with E-state index in [2.05, 4.69) is 38.7 Å². The predicted octanol–water partition coefficient (Wildman–Crippen LogP) is 4.61. The van der Waals surface area contributed by atoms with Crippen molar-refractivity contribution in [2.75, 3.05) is 6.54 Å². The van der Waals surface area contributed by atoms with Crippen molar-refractivity contribution in [2.45, 2.75) is 84.7 Å². The lowest BCUT2D eigenvalue weighted by Gasteiger charge is -2.45. The highest BCUT2D eigenvalue weighted by molar-refractivity contribution is 5.01. The monoisotopic (exact) mass is 276 g/mol. The first-order chi connectivity index (χ1) is 9.53. The lowest BCUT2D eigenvalue weighted by molar-refractivity contribution is 0.0441. The highest BCUT2D eigenvalue weighted by Gasteiger charge is 2.42. The quantitative estimate of drug-likeness (QED) is 0.750. The summed E-state index contributed by atoms with van der Waals surface area (Å²) in [6, 6.07) is 3.88. The topological polar surface area (TPSA) is 27.0 Å². The van der Waals surface area contributed by atoms with Crippen LogP contribution in [0.1, 0.15) is 72.6 Å². The minimum Gasteiger partial charge on any atom is -0.296 e. The van der Waals surface area contributed by atoms with E-state index in [-0.39, 0.29) is 5.92 Å². The molecule has 0 bridgehead atoms. The summed E-state index contributed by atoms with van der Waals surface area (Å²) in [5.74, 6) is 1.06. The molecule has 1 saturated heterocycles. The molecule has 0 N–H and O–H groups in total. The number of hydrogen-bond donors (Lipinski definition) is 0. The van der Waals surface area contributed by atoms with Crippen LogP contribution in [0.2, 0.25) is 0 Å². The van der Waals surface area contributed by atoms with Crippen molar-refractivity contribution in [3.8, 4) is 6.07 Å². The Labute approximate surface area is 125 Å². The molecule has 114 valence electrons. The van der Waals surface area contributed by atoms with Crippen LogP contribution < -0.4 is 0 Å². The molecular weight excluding hydrogens is 244 g/mol. The van der Waals surface area contributed by atoms with Crippen molar-refractivity contribution < 1.29 is 0 Å². The van der Waals surface area contributed by atoms with E-state index >= 15 is 0 Å². The van der Waals surface area contributed by atoms with Gasteiger partial charge in [0, 0.05) is 12.1 Å². The maximum Gasteiger partial charge on any atom is 0.0672 e. The van der Waals surface area contributed by atoms with Gasteiger partial charge in [0.2, 0.25) is 0 Å². The minimum atomic E-state index is 0.269. The van der Waals surface area contributed by atoms with Crippen LogP contribution >= 0.6 is 0 Å². The van der Waals surface area contributed by atoms with Crippen LogP contribution in [-0.2, 0) is 0 Å². The second kappa shape index (κ2) is 6.48. The standard InChI is InChI=1S/C18H32N2/c1-5-16-8-7-11-20(16)17-12-15(18(3,4)6-2)10-9-14(17)13-19/h14-17H,5-12H2,1-4H3. The minimum absolute atomic E-state index is 0.269. The molecule has 0 spiro atoms. The van der Waals surface area contributed by atoms with Crippen molar-refractivity contribution in [3.05, 3.63) is 0 Å². The first-order valence-electron chi connectivity index (χ1n) is 8.68. The van der Waals surface area contributed by atoms with Gasteiger partial charge >= 0.3 is 0 Å². The Morgan fingerprint density at radius 1 is 1.20 bits per heavy atom. The second-order valence-electron chi connectivity index (χ2n) is 7.60. The molecule has 2 aliphatic rings. The summed E-state index contributed by atoms with van der Waals surface area (Å²) in [6.45, 7) is 10.7. The second-order valence-corrected chi connectivity index (χ2v) is 7.60. The zero-order chi connectivity index (χ0) is 14.8. The molecule has 1 aliphatic carbocycles. The largest absolute Gasteiger partial charge is 0.296 e. The molecule has 20 heavy (non-hydrogen) atoms. The van der Waals surface area contributed by atoms with Gasteiger partial charge in [-0.15, -0.1) is 0 Å². The first-order valence-corrected chi connectivity index (χ1v) is 8.68. The Balaban J connectivity index is 2.13. The van der Waals surface area contributed by atoms with Gasteiger partial charge in [0.25, 0.3) is 0 Å². The van der Waals surface area contributed by atoms with E-state index in [0.717, 1.165) is 18.4 Å². The summed E-state index contributed by atoms with van der Waals surface area (Å²) in [7, 11) is 0. The van der Waals surface area contributed by atoms with E-state index in [0.29, 0.717) is 11.5 Å². The molecule has 2 rings (SSSR count). The van der Waals surface area contributed by atoms with Gasteiger partial charge < -0.3 is 0 Å². The molecule has 1 heterocycles. The fourth-order valence-electron chi connectivity index (χ4n) is 4.40. The molecule has 1 aliphatic heterocycles. The Morgan fingerprint density at radius 3 is 2.55 bits per heavy atom. The van der Waals surface area contributed by atoms with Crippen LogP contribution in [0.4, 0.5) is 0 Å². The summed E-state index contributed by atoms with van der Waals surface area (Å²) in [4.78, 5) is 2.70. The average Bonchev–Trinajstić information content (AvgIpc) is 2.94. The fourth-order valence-corrected chi connectivity index (χ4v) is 4.40. The molecule has 0 amide bonds. The van der Waals surface area contributed by atoms with Crippen molar-refractivity contribution in [3.63, 3.8) is 0 Å². The third-order valence-electron chi connectivity index (χ3n) is 6.32. The number of hydrogen-bond acceptors (Lipinski definition) is 2. The van der Waals surface area contributed by atoms with Crippen LogP contribution in [0.25, 0.3) is 0 Å². The molecule has 4 atom stereocenters. The van der Waals surface area contributed by atoms with Gasteiger partial charge in [-0.05, 0) is 56.4 Å². The van der Waals surface area contributed by atoms with Crippen LogP contribution in [0, 0.1) is 28.6 Å². The lowest BCUT2D eigenvalue weighted by atomic mass is 9.66. The molecule has 1 saturated carbocycles. The molecule has 0 aromatic carbocycles. The van der Waals surface area contributed by atoms with E-state index in [4.69, 9.17) is 0 Å². The van der Waals surface area contributed by atoms with Crippen molar-refractivity contribution in [1.82, 2.24) is 4.90 Å². The number of nitriles is 1. The van der Waals surface area contributed by atoms with E-state index in [9.17, 15) is 5.26 Å². The zero-order valence-corrected chi connectivity index (χ0v) is 13.9. The third kappa shape index (κ3) is 3.03. The van der Waals surface area contributed by atoms with Crippen LogP contribution in [0.5, 0.6) is 0 Å². The smallest absolute Gasteiger partial charge is 0.0672 e. The Morgan fingerprint density at radius 2 is 1.95 bits per heavy atom. The summed E-state index contributed by atoms with van der Waals surface area (Å²) in [5, 5.41) is 9.55. The van der Waals surface area contributed by atoms with Crippen LogP contribution in [-0.4, -0.2) is 23.5 Å². The Hall–Kier alpha value is -0.550. The van der Waals surface area contributed by atoms with Gasteiger partial charge in [0.05, 0.1) is 12.0 Å². The maximum absolute atomic E-state index is 9.55. The highest BCUT2D eigenvalue weighted by Crippen LogP contribution is 2.44. The van der Waals surface area contributed by atoms with Crippen molar-refractivity contribution >= 4 is 0 Å². The van der Waals surface area contributed by atoms with E-state index in [1.807, 2.05) is 0 Å². The average molecular weight is 276 g/mol. The molecule has 0 aromatic heterocycles. The maximum atomic E-state index is 9.55. The number of likely N-dealkylation sites (tertiary alicyclic amines) is 1. The van der Waals surface area contributed by atoms with Gasteiger partial charge in [-0.25, -0.2) is 0 Å². The molecule has 2 heteroatoms. The van der Waals surface area contributed by atoms with Crippen LogP contribution in [0.15, 0.2) is 0 Å². The van der Waals surface area contributed by atoms with Gasteiger partial charge in [-0.1, -0.05) is 34.1 Å². The lowest BCUT2D eigenvalue weighted by Crippen LogP contribution is -2.48.